The maximum Gasteiger partial charge on any atom is 0.217 e. The van der Waals surface area contributed by atoms with Gasteiger partial charge in [-0.15, -0.1) is 0 Å². The number of aliphatic hydroxyl groups excluding tert-OH is 1. The summed E-state index contributed by atoms with van der Waals surface area (Å²) >= 11 is 0. The van der Waals surface area contributed by atoms with E-state index >= 15 is 0 Å². The van der Waals surface area contributed by atoms with Crippen molar-refractivity contribution in [2.45, 2.75) is 33.0 Å². The second kappa shape index (κ2) is 4.93. The molecule has 3 heterocycles. The van der Waals surface area contributed by atoms with Crippen molar-refractivity contribution >= 4 is 17.0 Å². The molecule has 0 unspecified atom stereocenters. The predicted octanol–water partition coefficient (Wildman–Crippen LogP) is 1.96. The number of rotatable bonds is 2. The van der Waals surface area contributed by atoms with E-state index in [0.29, 0.717) is 11.2 Å². The molecule has 0 saturated carbocycles. The molecule has 1 fully saturated rings. The van der Waals surface area contributed by atoms with Crippen molar-refractivity contribution in [1.82, 2.24) is 14.6 Å². The Bertz CT molecular complexity index is 761. The molecule has 0 amide bonds. The van der Waals surface area contributed by atoms with Crippen LogP contribution in [0.5, 0.6) is 0 Å². The van der Waals surface area contributed by atoms with E-state index in [1.807, 2.05) is 0 Å². The van der Waals surface area contributed by atoms with Crippen LogP contribution in [0.2, 0.25) is 0 Å². The lowest BCUT2D eigenvalue weighted by atomic mass is 9.75. The van der Waals surface area contributed by atoms with Crippen LogP contribution in [0.4, 0.5) is 11.5 Å². The van der Waals surface area contributed by atoms with Crippen molar-refractivity contribution in [3.63, 3.8) is 0 Å². The van der Waals surface area contributed by atoms with E-state index in [9.17, 15) is 5.11 Å². The molecule has 3 atom stereocenters. The number of hydrogen-bond acceptors (Lipinski definition) is 5. The van der Waals surface area contributed by atoms with Crippen molar-refractivity contribution in [2.24, 2.45) is 11.3 Å². The van der Waals surface area contributed by atoms with E-state index in [1.54, 1.807) is 10.6 Å². The summed E-state index contributed by atoms with van der Waals surface area (Å²) in [5.74, 6) is 0.443. The van der Waals surface area contributed by atoms with Gasteiger partial charge in [-0.05, 0) is 12.0 Å². The van der Waals surface area contributed by atoms with Gasteiger partial charge in [-0.1, -0.05) is 20.8 Å². The SMILES string of the molecule is [C-]#[N+]c1cc([C@@H]2O[C@H](CO)[C@@H](C)C2(C)C)n2ncnc(N)c12. The number of anilines is 1. The van der Waals surface area contributed by atoms with Crippen LogP contribution in [-0.4, -0.2) is 32.4 Å². The van der Waals surface area contributed by atoms with Gasteiger partial charge in [0.2, 0.25) is 5.69 Å². The Labute approximate surface area is 128 Å². The molecule has 0 aliphatic carbocycles. The van der Waals surface area contributed by atoms with Crippen LogP contribution < -0.4 is 5.73 Å². The van der Waals surface area contributed by atoms with Crippen LogP contribution in [-0.2, 0) is 4.74 Å². The highest BCUT2D eigenvalue weighted by atomic mass is 16.5. The molecule has 22 heavy (non-hydrogen) atoms. The average molecular weight is 301 g/mol. The summed E-state index contributed by atoms with van der Waals surface area (Å²) in [7, 11) is 0. The number of aromatic nitrogens is 3. The predicted molar refractivity (Wildman–Crippen MR) is 81.3 cm³/mol. The fourth-order valence-electron chi connectivity index (χ4n) is 3.18. The molecule has 3 N–H and O–H groups in total. The summed E-state index contributed by atoms with van der Waals surface area (Å²) in [5, 5.41) is 13.8. The van der Waals surface area contributed by atoms with Gasteiger partial charge in [-0.25, -0.2) is 14.3 Å². The third kappa shape index (κ3) is 1.88. The fraction of sp³-hybridized carbons (Fsp3) is 0.533. The van der Waals surface area contributed by atoms with Gasteiger partial charge < -0.3 is 15.6 Å². The average Bonchev–Trinajstić information content (AvgIpc) is 2.97. The Morgan fingerprint density at radius 3 is 2.86 bits per heavy atom. The monoisotopic (exact) mass is 301 g/mol. The fourth-order valence-corrected chi connectivity index (χ4v) is 3.18. The molecule has 2 aromatic rings. The largest absolute Gasteiger partial charge is 0.394 e. The molecule has 0 aromatic carbocycles. The van der Waals surface area contributed by atoms with Gasteiger partial charge in [-0.3, -0.25) is 0 Å². The molecule has 0 radical (unpaired) electrons. The molecule has 116 valence electrons. The summed E-state index contributed by atoms with van der Waals surface area (Å²) in [6.07, 6.45) is 0.854. The van der Waals surface area contributed by atoms with Gasteiger partial charge in [0.25, 0.3) is 0 Å². The molecule has 7 heteroatoms. The van der Waals surface area contributed by atoms with E-state index in [-0.39, 0.29) is 36.0 Å². The topological polar surface area (TPSA) is 90.0 Å². The third-order valence-corrected chi connectivity index (χ3v) is 4.88. The molecule has 7 nitrogen and oxygen atoms in total. The maximum absolute atomic E-state index is 9.52. The van der Waals surface area contributed by atoms with Crippen LogP contribution in [0, 0.1) is 17.9 Å². The number of ether oxygens (including phenoxy) is 1. The molecule has 1 aliphatic rings. The molecular weight excluding hydrogens is 282 g/mol. The lowest BCUT2D eigenvalue weighted by Crippen LogP contribution is -2.27. The Kier molecular flexibility index (Phi) is 3.31. The van der Waals surface area contributed by atoms with Crippen molar-refractivity contribution < 1.29 is 9.84 Å². The van der Waals surface area contributed by atoms with E-state index in [1.165, 1.54) is 6.33 Å². The highest BCUT2D eigenvalue weighted by Crippen LogP contribution is 2.52. The van der Waals surface area contributed by atoms with Crippen molar-refractivity contribution in [2.75, 3.05) is 12.3 Å². The molecule has 3 rings (SSSR count). The van der Waals surface area contributed by atoms with E-state index in [4.69, 9.17) is 17.0 Å². The smallest absolute Gasteiger partial charge is 0.217 e. The zero-order valence-electron chi connectivity index (χ0n) is 12.8. The summed E-state index contributed by atoms with van der Waals surface area (Å²) in [5.41, 5.74) is 7.37. The standard InChI is InChI=1S/C15H19N5O2/c1-8-11(6-21)22-13(15(8,2)3)10-5-9(17-4)12-14(16)18-7-19-20(10)12/h5,7-8,11,13,21H,6H2,1-3H3,(H2,16,18,19)/t8-,11-,13+/m1/s1. The van der Waals surface area contributed by atoms with Crippen LogP contribution >= 0.6 is 0 Å². The minimum Gasteiger partial charge on any atom is -0.394 e. The Morgan fingerprint density at radius 1 is 1.55 bits per heavy atom. The van der Waals surface area contributed by atoms with Gasteiger partial charge >= 0.3 is 0 Å². The Hall–Kier alpha value is -2.17. The number of fused-ring (bicyclic) bond motifs is 1. The van der Waals surface area contributed by atoms with Crippen molar-refractivity contribution in [3.05, 3.63) is 29.5 Å². The molecule has 2 aromatic heterocycles. The first-order chi connectivity index (χ1) is 10.4. The van der Waals surface area contributed by atoms with Crippen molar-refractivity contribution in [1.29, 1.82) is 0 Å². The quantitative estimate of drug-likeness (QED) is 0.828. The molecule has 1 saturated heterocycles. The number of nitrogens with two attached hydrogens (primary N) is 1. The number of nitrogens with zero attached hydrogens (tertiary/aromatic N) is 4. The first kappa shape index (κ1) is 14.8. The molecule has 0 spiro atoms. The zero-order chi connectivity index (χ0) is 16.1. The van der Waals surface area contributed by atoms with Gasteiger partial charge in [0.05, 0.1) is 25.0 Å². The van der Waals surface area contributed by atoms with Gasteiger partial charge in [0.1, 0.15) is 23.8 Å². The highest BCUT2D eigenvalue weighted by molar-refractivity contribution is 5.83. The Balaban J connectivity index is 2.20. The first-order valence-electron chi connectivity index (χ1n) is 7.17. The number of nitrogen functional groups attached to an aromatic ring is 1. The lowest BCUT2D eigenvalue weighted by Gasteiger charge is -2.29. The van der Waals surface area contributed by atoms with E-state index < -0.39 is 0 Å². The molecular formula is C15H19N5O2. The number of aliphatic hydroxyl groups is 1. The van der Waals surface area contributed by atoms with Crippen LogP contribution in [0.1, 0.15) is 32.6 Å². The summed E-state index contributed by atoms with van der Waals surface area (Å²) in [4.78, 5) is 7.48. The normalized spacial score (nSPS) is 27.1. The van der Waals surface area contributed by atoms with Crippen molar-refractivity contribution in [3.8, 4) is 0 Å². The second-order valence-corrected chi connectivity index (χ2v) is 6.32. The lowest BCUT2D eigenvalue weighted by molar-refractivity contribution is -0.0115. The maximum atomic E-state index is 9.52. The highest BCUT2D eigenvalue weighted by Gasteiger charge is 2.49. The van der Waals surface area contributed by atoms with E-state index in [2.05, 4.69) is 35.7 Å². The Morgan fingerprint density at radius 2 is 2.27 bits per heavy atom. The first-order valence-corrected chi connectivity index (χ1v) is 7.17. The summed E-state index contributed by atoms with van der Waals surface area (Å²) < 4.78 is 7.69. The minimum absolute atomic E-state index is 0.0306. The molecule has 1 aliphatic heterocycles. The van der Waals surface area contributed by atoms with Crippen LogP contribution in [0.25, 0.3) is 10.4 Å². The molecule has 0 bridgehead atoms. The zero-order valence-corrected chi connectivity index (χ0v) is 12.8. The van der Waals surface area contributed by atoms with Gasteiger partial charge in [-0.2, -0.15) is 5.10 Å². The van der Waals surface area contributed by atoms with E-state index in [0.717, 1.165) is 5.69 Å². The summed E-state index contributed by atoms with van der Waals surface area (Å²) in [6.45, 7) is 13.6. The minimum atomic E-state index is -0.281. The van der Waals surface area contributed by atoms with Gasteiger partial charge in [0.15, 0.2) is 0 Å². The number of hydrogen-bond donors (Lipinski definition) is 2. The summed E-state index contributed by atoms with van der Waals surface area (Å²) in [6, 6.07) is 1.76. The third-order valence-electron chi connectivity index (χ3n) is 4.88. The van der Waals surface area contributed by atoms with Crippen LogP contribution in [0.3, 0.4) is 0 Å². The van der Waals surface area contributed by atoms with Crippen LogP contribution in [0.15, 0.2) is 12.4 Å². The van der Waals surface area contributed by atoms with Gasteiger partial charge in [0, 0.05) is 5.41 Å². The second-order valence-electron chi connectivity index (χ2n) is 6.32.